The van der Waals surface area contributed by atoms with Gasteiger partial charge in [0.15, 0.2) is 7.14 Å². The summed E-state index contributed by atoms with van der Waals surface area (Å²) in [6, 6.07) is 26.9. The van der Waals surface area contributed by atoms with Gasteiger partial charge in [0, 0.05) is 22.3 Å². The number of hydrogen-bond acceptors (Lipinski definition) is 3. The zero-order valence-electron chi connectivity index (χ0n) is 16.8. The van der Waals surface area contributed by atoms with Crippen molar-refractivity contribution in [1.29, 1.82) is 0 Å². The minimum Gasteiger partial charge on any atom is -0.466 e. The van der Waals surface area contributed by atoms with E-state index in [4.69, 9.17) is 4.74 Å². The van der Waals surface area contributed by atoms with Crippen molar-refractivity contribution in [2.75, 3.05) is 6.61 Å². The Bertz CT molecular complexity index is 924. The molecule has 0 aromatic heterocycles. The highest BCUT2D eigenvalue weighted by Crippen LogP contribution is 2.43. The van der Waals surface area contributed by atoms with Crippen molar-refractivity contribution in [1.82, 2.24) is 0 Å². The van der Waals surface area contributed by atoms with Gasteiger partial charge in [0.1, 0.15) is 0 Å². The summed E-state index contributed by atoms with van der Waals surface area (Å²) in [5.41, 5.74) is 0.927. The molecule has 0 spiro atoms. The topological polar surface area (TPSA) is 43.4 Å². The third-order valence-corrected chi connectivity index (χ3v) is 8.10. The van der Waals surface area contributed by atoms with Crippen LogP contribution in [0.5, 0.6) is 0 Å². The Balaban J connectivity index is 1.96. The van der Waals surface area contributed by atoms with Crippen LogP contribution in [0.25, 0.3) is 0 Å². The second kappa shape index (κ2) is 10.2. The van der Waals surface area contributed by atoms with E-state index in [0.717, 1.165) is 34.3 Å². The number of unbranched alkanes of at least 4 members (excludes halogenated alkanes) is 1. The molecule has 3 nitrogen and oxygen atoms in total. The van der Waals surface area contributed by atoms with Gasteiger partial charge < -0.3 is 9.30 Å². The number of hydrogen-bond donors (Lipinski definition) is 0. The molecule has 0 aliphatic heterocycles. The van der Waals surface area contributed by atoms with Gasteiger partial charge in [-0.25, -0.2) is 0 Å². The van der Waals surface area contributed by atoms with Crippen molar-refractivity contribution >= 4 is 29.0 Å². The van der Waals surface area contributed by atoms with Crippen molar-refractivity contribution in [2.45, 2.75) is 32.6 Å². The Morgan fingerprint density at radius 1 is 0.828 bits per heavy atom. The average molecular weight is 406 g/mol. The highest BCUT2D eigenvalue weighted by molar-refractivity contribution is 7.85. The van der Waals surface area contributed by atoms with Gasteiger partial charge in [0.2, 0.25) is 0 Å². The molecule has 29 heavy (non-hydrogen) atoms. The van der Waals surface area contributed by atoms with E-state index < -0.39 is 7.14 Å². The number of rotatable bonds is 9. The summed E-state index contributed by atoms with van der Waals surface area (Å²) in [6.45, 7) is 2.53. The first-order valence-corrected chi connectivity index (χ1v) is 11.8. The van der Waals surface area contributed by atoms with E-state index in [2.05, 4.69) is 6.92 Å². The monoisotopic (exact) mass is 406 g/mol. The van der Waals surface area contributed by atoms with Gasteiger partial charge in [-0.3, -0.25) is 4.79 Å². The summed E-state index contributed by atoms with van der Waals surface area (Å²) >= 11 is 0. The van der Waals surface area contributed by atoms with E-state index in [0.29, 0.717) is 13.0 Å². The normalized spacial score (nSPS) is 11.2. The quantitative estimate of drug-likeness (QED) is 0.296. The number of benzene rings is 3. The van der Waals surface area contributed by atoms with E-state index >= 15 is 0 Å². The summed E-state index contributed by atoms with van der Waals surface area (Å²) in [6.07, 6.45) is 2.65. The highest BCUT2D eigenvalue weighted by Gasteiger charge is 2.31. The summed E-state index contributed by atoms with van der Waals surface area (Å²) in [5.74, 6) is -0.206. The summed E-state index contributed by atoms with van der Waals surface area (Å²) in [7, 11) is -3.05. The molecule has 0 fully saturated rings. The Morgan fingerprint density at radius 3 is 1.97 bits per heavy atom. The Morgan fingerprint density at radius 2 is 1.38 bits per heavy atom. The molecule has 3 aromatic carbocycles. The van der Waals surface area contributed by atoms with Gasteiger partial charge in [0.05, 0.1) is 6.61 Å². The molecule has 0 atom stereocenters. The largest absolute Gasteiger partial charge is 0.466 e. The van der Waals surface area contributed by atoms with Gasteiger partial charge in [-0.1, -0.05) is 98.3 Å². The van der Waals surface area contributed by atoms with Crippen LogP contribution in [0, 0.1) is 0 Å². The van der Waals surface area contributed by atoms with Crippen molar-refractivity contribution in [3.05, 3.63) is 90.5 Å². The van der Waals surface area contributed by atoms with Crippen molar-refractivity contribution in [2.24, 2.45) is 0 Å². The van der Waals surface area contributed by atoms with Gasteiger partial charge in [0.25, 0.3) is 0 Å². The van der Waals surface area contributed by atoms with Gasteiger partial charge in [-0.2, -0.15) is 0 Å². The maximum absolute atomic E-state index is 14.6. The first kappa shape index (κ1) is 21.1. The molecule has 0 unspecified atom stereocenters. The molecule has 0 saturated heterocycles. The van der Waals surface area contributed by atoms with Crippen molar-refractivity contribution in [3.63, 3.8) is 0 Å². The second-order valence-corrected chi connectivity index (χ2v) is 9.72. The zero-order chi connectivity index (χ0) is 20.5. The number of aryl methyl sites for hydroxylation is 1. The first-order chi connectivity index (χ1) is 14.2. The molecule has 0 amide bonds. The van der Waals surface area contributed by atoms with Crippen LogP contribution < -0.4 is 15.9 Å². The predicted octanol–water partition coefficient (Wildman–Crippen LogP) is 4.60. The standard InChI is InChI=1S/C25H27O3P/c1-2-3-20-28-25(26)19-18-21-12-10-11-17-24(21)29(27,22-13-6-4-7-14-22)23-15-8-5-9-16-23/h4-17H,2-3,18-20H2,1H3. The SMILES string of the molecule is CCCCOC(=O)CCc1ccccc1P(=O)(c1ccccc1)c1ccccc1. The van der Waals surface area contributed by atoms with Crippen molar-refractivity contribution < 1.29 is 14.1 Å². The van der Waals surface area contributed by atoms with Crippen LogP contribution in [0.15, 0.2) is 84.9 Å². The van der Waals surface area contributed by atoms with E-state index in [1.807, 2.05) is 84.9 Å². The maximum Gasteiger partial charge on any atom is 0.306 e. The molecule has 0 aliphatic rings. The fourth-order valence-corrected chi connectivity index (χ4v) is 6.30. The first-order valence-electron chi connectivity index (χ1n) is 10.1. The van der Waals surface area contributed by atoms with E-state index in [-0.39, 0.29) is 12.4 Å². The fourth-order valence-electron chi connectivity index (χ4n) is 3.37. The predicted molar refractivity (Wildman–Crippen MR) is 120 cm³/mol. The molecule has 0 heterocycles. The third kappa shape index (κ3) is 5.05. The van der Waals surface area contributed by atoms with Gasteiger partial charge in [-0.05, 0) is 18.4 Å². The molecular formula is C25H27O3P. The lowest BCUT2D eigenvalue weighted by Gasteiger charge is -2.22. The molecule has 0 radical (unpaired) electrons. The van der Waals surface area contributed by atoms with Crippen LogP contribution in [-0.4, -0.2) is 12.6 Å². The third-order valence-electron chi connectivity index (χ3n) is 4.93. The molecule has 0 aliphatic carbocycles. The molecule has 0 bridgehead atoms. The second-order valence-electron chi connectivity index (χ2n) is 6.98. The number of carbonyl (C=O) groups is 1. The summed E-state index contributed by atoms with van der Waals surface area (Å²) < 4.78 is 19.9. The summed E-state index contributed by atoms with van der Waals surface area (Å²) in [5, 5.41) is 2.38. The van der Waals surface area contributed by atoms with Crippen LogP contribution in [0.3, 0.4) is 0 Å². The molecule has 0 saturated carbocycles. The zero-order valence-corrected chi connectivity index (χ0v) is 17.7. The average Bonchev–Trinajstić information content (AvgIpc) is 2.79. The van der Waals surface area contributed by atoms with Gasteiger partial charge >= 0.3 is 5.97 Å². The molecule has 4 heteroatoms. The van der Waals surface area contributed by atoms with Crippen LogP contribution in [0.4, 0.5) is 0 Å². The fraction of sp³-hybridized carbons (Fsp3) is 0.240. The molecular weight excluding hydrogens is 379 g/mol. The van der Waals surface area contributed by atoms with Crippen LogP contribution in [0.2, 0.25) is 0 Å². The Hall–Kier alpha value is -2.64. The van der Waals surface area contributed by atoms with E-state index in [9.17, 15) is 9.36 Å². The van der Waals surface area contributed by atoms with E-state index in [1.165, 1.54) is 0 Å². The lowest BCUT2D eigenvalue weighted by Crippen LogP contribution is -2.27. The van der Waals surface area contributed by atoms with Crippen LogP contribution in [-0.2, 0) is 20.5 Å². The number of esters is 1. The molecule has 3 rings (SSSR count). The molecule has 150 valence electrons. The smallest absolute Gasteiger partial charge is 0.306 e. The van der Waals surface area contributed by atoms with Crippen LogP contribution >= 0.6 is 7.14 Å². The van der Waals surface area contributed by atoms with Crippen molar-refractivity contribution in [3.8, 4) is 0 Å². The van der Waals surface area contributed by atoms with Gasteiger partial charge in [-0.15, -0.1) is 0 Å². The highest BCUT2D eigenvalue weighted by atomic mass is 31.2. The molecule has 3 aromatic rings. The maximum atomic E-state index is 14.6. The summed E-state index contributed by atoms with van der Waals surface area (Å²) in [4.78, 5) is 12.1. The Labute approximate surface area is 173 Å². The van der Waals surface area contributed by atoms with Crippen LogP contribution in [0.1, 0.15) is 31.7 Å². The minimum atomic E-state index is -3.05. The number of carbonyl (C=O) groups excluding carboxylic acids is 1. The minimum absolute atomic E-state index is 0.206. The lowest BCUT2D eigenvalue weighted by atomic mass is 10.1. The van der Waals surface area contributed by atoms with E-state index in [1.54, 1.807) is 0 Å². The molecule has 0 N–H and O–H groups in total. The number of ether oxygens (including phenoxy) is 1. The Kier molecular flexibility index (Phi) is 7.43. The lowest BCUT2D eigenvalue weighted by molar-refractivity contribution is -0.143.